The van der Waals surface area contributed by atoms with Crippen molar-refractivity contribution >= 4 is 11.7 Å². The molecule has 0 aliphatic carbocycles. The molecule has 1 aromatic heterocycles. The lowest BCUT2D eigenvalue weighted by Gasteiger charge is -2.09. The number of carbonyl (C=O) groups excluding carboxylic acids is 1. The van der Waals surface area contributed by atoms with Gasteiger partial charge in [0.25, 0.3) is 5.91 Å². The van der Waals surface area contributed by atoms with Gasteiger partial charge in [0, 0.05) is 24.8 Å². The van der Waals surface area contributed by atoms with Crippen LogP contribution in [0.25, 0.3) is 0 Å². The minimum atomic E-state index is -0.0657. The monoisotopic (exact) mass is 359 g/mol. The van der Waals surface area contributed by atoms with Crippen LogP contribution in [-0.2, 0) is 13.0 Å². The second kappa shape index (κ2) is 9.53. The van der Waals surface area contributed by atoms with Gasteiger partial charge < -0.3 is 10.6 Å². The zero-order chi connectivity index (χ0) is 18.9. The highest BCUT2D eigenvalue weighted by Crippen LogP contribution is 2.10. The van der Waals surface area contributed by atoms with Gasteiger partial charge in [-0.15, -0.1) is 0 Å². The van der Waals surface area contributed by atoms with Crippen LogP contribution in [0.4, 0.5) is 5.82 Å². The van der Waals surface area contributed by atoms with Gasteiger partial charge in [0.15, 0.2) is 0 Å². The third-order valence-corrected chi connectivity index (χ3v) is 4.35. The van der Waals surface area contributed by atoms with Gasteiger partial charge in [0.1, 0.15) is 5.82 Å². The van der Waals surface area contributed by atoms with Gasteiger partial charge in [-0.3, -0.25) is 4.79 Å². The van der Waals surface area contributed by atoms with Gasteiger partial charge in [-0.05, 0) is 43.0 Å². The average Bonchev–Trinajstić information content (AvgIpc) is 2.70. The smallest absolute Gasteiger partial charge is 0.251 e. The molecule has 0 spiro atoms. The van der Waals surface area contributed by atoms with Crippen molar-refractivity contribution in [2.45, 2.75) is 26.3 Å². The standard InChI is InChI=1S/C23H25N3O/c1-18-7-5-10-20(15-18)17-26-22-16-21(12-14-24-22)23(27)25-13-6-11-19-8-3-2-4-9-19/h2-5,7-10,12,14-16H,6,11,13,17H2,1H3,(H,24,26)(H,25,27). The number of nitrogens with zero attached hydrogens (tertiary/aromatic N) is 1. The molecule has 4 heteroatoms. The maximum atomic E-state index is 12.4. The van der Waals surface area contributed by atoms with E-state index in [4.69, 9.17) is 0 Å². The van der Waals surface area contributed by atoms with Crippen LogP contribution in [-0.4, -0.2) is 17.4 Å². The molecule has 0 fully saturated rings. The molecule has 138 valence electrons. The Balaban J connectivity index is 1.48. The molecule has 0 aliphatic rings. The highest BCUT2D eigenvalue weighted by molar-refractivity contribution is 5.94. The number of aromatic nitrogens is 1. The Hall–Kier alpha value is -3.14. The van der Waals surface area contributed by atoms with E-state index in [0.717, 1.165) is 12.8 Å². The van der Waals surface area contributed by atoms with Gasteiger partial charge in [-0.25, -0.2) is 4.98 Å². The zero-order valence-electron chi connectivity index (χ0n) is 15.6. The number of hydrogen-bond acceptors (Lipinski definition) is 3. The minimum absolute atomic E-state index is 0.0657. The molecule has 0 saturated carbocycles. The number of anilines is 1. The Morgan fingerprint density at radius 2 is 1.78 bits per heavy atom. The van der Waals surface area contributed by atoms with Gasteiger partial charge in [0.2, 0.25) is 0 Å². The first kappa shape index (κ1) is 18.6. The second-order valence-corrected chi connectivity index (χ2v) is 6.62. The number of amides is 1. The predicted octanol–water partition coefficient (Wildman–Crippen LogP) is 4.36. The van der Waals surface area contributed by atoms with Crippen molar-refractivity contribution in [1.82, 2.24) is 10.3 Å². The van der Waals surface area contributed by atoms with E-state index in [1.165, 1.54) is 16.7 Å². The Bertz CT molecular complexity index is 878. The van der Waals surface area contributed by atoms with Gasteiger partial charge in [0.05, 0.1) is 0 Å². The highest BCUT2D eigenvalue weighted by Gasteiger charge is 2.06. The van der Waals surface area contributed by atoms with Crippen molar-refractivity contribution in [3.05, 3.63) is 95.2 Å². The minimum Gasteiger partial charge on any atom is -0.366 e. The molecule has 0 unspecified atom stereocenters. The largest absolute Gasteiger partial charge is 0.366 e. The summed E-state index contributed by atoms with van der Waals surface area (Å²) >= 11 is 0. The molecule has 0 aliphatic heterocycles. The molecular weight excluding hydrogens is 334 g/mol. The number of carbonyl (C=O) groups is 1. The van der Waals surface area contributed by atoms with Crippen LogP contribution in [0.3, 0.4) is 0 Å². The quantitative estimate of drug-likeness (QED) is 0.588. The maximum absolute atomic E-state index is 12.4. The summed E-state index contributed by atoms with van der Waals surface area (Å²) in [5, 5.41) is 6.26. The van der Waals surface area contributed by atoms with Crippen LogP contribution in [0.5, 0.6) is 0 Å². The third kappa shape index (κ3) is 5.96. The molecule has 4 nitrogen and oxygen atoms in total. The van der Waals surface area contributed by atoms with E-state index in [2.05, 4.69) is 52.9 Å². The molecule has 0 radical (unpaired) electrons. The van der Waals surface area contributed by atoms with Crippen LogP contribution in [0.1, 0.15) is 33.5 Å². The normalized spacial score (nSPS) is 10.4. The summed E-state index contributed by atoms with van der Waals surface area (Å²) in [6.07, 6.45) is 3.54. The fourth-order valence-electron chi connectivity index (χ4n) is 2.92. The first-order chi connectivity index (χ1) is 13.2. The van der Waals surface area contributed by atoms with Crippen LogP contribution < -0.4 is 10.6 Å². The Labute approximate surface area is 160 Å². The lowest BCUT2D eigenvalue weighted by atomic mass is 10.1. The third-order valence-electron chi connectivity index (χ3n) is 4.35. The molecular formula is C23H25N3O. The van der Waals surface area contributed by atoms with Gasteiger partial charge in [-0.1, -0.05) is 60.2 Å². The van der Waals surface area contributed by atoms with Crippen molar-refractivity contribution < 1.29 is 4.79 Å². The lowest BCUT2D eigenvalue weighted by Crippen LogP contribution is -2.25. The maximum Gasteiger partial charge on any atom is 0.251 e. The summed E-state index contributed by atoms with van der Waals surface area (Å²) < 4.78 is 0. The topological polar surface area (TPSA) is 54.0 Å². The number of nitrogens with one attached hydrogen (secondary N) is 2. The van der Waals surface area contributed by atoms with Crippen molar-refractivity contribution in [1.29, 1.82) is 0 Å². The zero-order valence-corrected chi connectivity index (χ0v) is 15.6. The van der Waals surface area contributed by atoms with Crippen molar-refractivity contribution in [2.75, 3.05) is 11.9 Å². The van der Waals surface area contributed by atoms with Gasteiger partial charge >= 0.3 is 0 Å². The summed E-state index contributed by atoms with van der Waals surface area (Å²) in [4.78, 5) is 16.7. The van der Waals surface area contributed by atoms with Crippen molar-refractivity contribution in [3.8, 4) is 0 Å². The fraction of sp³-hybridized carbons (Fsp3) is 0.217. The van der Waals surface area contributed by atoms with E-state index >= 15 is 0 Å². The van der Waals surface area contributed by atoms with Gasteiger partial charge in [-0.2, -0.15) is 0 Å². The van der Waals surface area contributed by atoms with Crippen molar-refractivity contribution in [2.24, 2.45) is 0 Å². The Morgan fingerprint density at radius 3 is 2.59 bits per heavy atom. The first-order valence-corrected chi connectivity index (χ1v) is 9.28. The van der Waals surface area contributed by atoms with Crippen LogP contribution in [0.2, 0.25) is 0 Å². The number of aryl methyl sites for hydroxylation is 2. The highest BCUT2D eigenvalue weighted by atomic mass is 16.1. The molecule has 27 heavy (non-hydrogen) atoms. The van der Waals surface area contributed by atoms with Crippen molar-refractivity contribution in [3.63, 3.8) is 0 Å². The fourth-order valence-corrected chi connectivity index (χ4v) is 2.92. The Kier molecular flexibility index (Phi) is 6.58. The van der Waals surface area contributed by atoms with E-state index in [-0.39, 0.29) is 5.91 Å². The summed E-state index contributed by atoms with van der Waals surface area (Å²) in [6.45, 7) is 3.41. The lowest BCUT2D eigenvalue weighted by molar-refractivity contribution is 0.0953. The SMILES string of the molecule is Cc1cccc(CNc2cc(C(=O)NCCCc3ccccc3)ccn2)c1. The molecule has 0 bridgehead atoms. The first-order valence-electron chi connectivity index (χ1n) is 9.28. The van der Waals surface area contributed by atoms with E-state index in [9.17, 15) is 4.79 Å². The van der Waals surface area contributed by atoms with E-state index in [1.807, 2.05) is 24.3 Å². The molecule has 2 aromatic carbocycles. The second-order valence-electron chi connectivity index (χ2n) is 6.62. The molecule has 0 atom stereocenters. The summed E-state index contributed by atoms with van der Waals surface area (Å²) in [6, 6.07) is 22.2. The predicted molar refractivity (Wildman–Crippen MR) is 110 cm³/mol. The summed E-state index contributed by atoms with van der Waals surface area (Å²) in [7, 11) is 0. The molecule has 3 rings (SSSR count). The molecule has 3 aromatic rings. The summed E-state index contributed by atoms with van der Waals surface area (Å²) in [5.41, 5.74) is 4.33. The average molecular weight is 359 g/mol. The number of benzene rings is 2. The number of rotatable bonds is 8. The molecule has 1 amide bonds. The van der Waals surface area contributed by atoms with Crippen LogP contribution in [0.15, 0.2) is 72.9 Å². The van der Waals surface area contributed by atoms with E-state index in [1.54, 1.807) is 18.3 Å². The summed E-state index contributed by atoms with van der Waals surface area (Å²) in [5.74, 6) is 0.637. The van der Waals surface area contributed by atoms with E-state index < -0.39 is 0 Å². The molecule has 0 saturated heterocycles. The van der Waals surface area contributed by atoms with E-state index in [0.29, 0.717) is 24.5 Å². The van der Waals surface area contributed by atoms with Crippen LogP contribution in [0, 0.1) is 6.92 Å². The molecule has 1 heterocycles. The molecule has 2 N–H and O–H groups in total. The number of pyridine rings is 1. The Morgan fingerprint density at radius 1 is 0.963 bits per heavy atom. The number of hydrogen-bond donors (Lipinski definition) is 2. The van der Waals surface area contributed by atoms with Crippen LogP contribution >= 0.6 is 0 Å².